The van der Waals surface area contributed by atoms with Crippen LogP contribution in [0.4, 0.5) is 36.4 Å². The lowest BCUT2D eigenvalue weighted by molar-refractivity contribution is -0.138. The average molecular weight is 623 g/mol. The highest BCUT2D eigenvalue weighted by atomic mass is 32.1. The first kappa shape index (κ1) is 30.9. The van der Waals surface area contributed by atoms with E-state index in [9.17, 15) is 30.7 Å². The maximum atomic E-state index is 14.7. The van der Waals surface area contributed by atoms with Gasteiger partial charge in [-0.3, -0.25) is 9.29 Å². The fourth-order valence-corrected chi connectivity index (χ4v) is 6.63. The van der Waals surface area contributed by atoms with Gasteiger partial charge in [-0.1, -0.05) is 24.8 Å². The third-order valence-electron chi connectivity index (χ3n) is 7.41. The van der Waals surface area contributed by atoms with Crippen molar-refractivity contribution in [3.05, 3.63) is 83.2 Å². The molecule has 0 saturated carbocycles. The number of aryl methyl sites for hydroxylation is 1. The summed E-state index contributed by atoms with van der Waals surface area (Å²) in [6.07, 6.45) is -2.81. The van der Waals surface area contributed by atoms with Crippen molar-refractivity contribution < 1.29 is 35.5 Å². The van der Waals surface area contributed by atoms with Crippen LogP contribution < -0.4 is 10.1 Å². The van der Waals surface area contributed by atoms with Gasteiger partial charge in [-0.2, -0.15) is 13.2 Å². The minimum atomic E-state index is -4.80. The van der Waals surface area contributed by atoms with E-state index in [2.05, 4.69) is 11.9 Å². The topological polar surface area (TPSA) is 24.5 Å². The summed E-state index contributed by atoms with van der Waals surface area (Å²) < 4.78 is 106. The second kappa shape index (κ2) is 11.8. The summed E-state index contributed by atoms with van der Waals surface area (Å²) in [5.41, 5.74) is 0.0352. The van der Waals surface area contributed by atoms with Gasteiger partial charge in [0, 0.05) is 53.5 Å². The summed E-state index contributed by atoms with van der Waals surface area (Å²) in [4.78, 5) is 2.14. The summed E-state index contributed by atoms with van der Waals surface area (Å²) in [7, 11) is 0. The Morgan fingerprint density at radius 2 is 1.79 bits per heavy atom. The van der Waals surface area contributed by atoms with E-state index >= 15 is 0 Å². The predicted octanol–water partition coefficient (Wildman–Crippen LogP) is 10.0. The molecule has 43 heavy (non-hydrogen) atoms. The Morgan fingerprint density at radius 3 is 2.44 bits per heavy atom. The zero-order chi connectivity index (χ0) is 31.1. The standard InChI is InChI=1S/C32H29F7N2OS/c1-4-22-18(2)6-9-24-28(30(43-29(22)24)23-10-7-19(34)14-25(23)31(3,35)36)42-27-11-8-20(15-26(27)32(37,38)39)40-21-16-41(17-21)13-5-12-33/h4,6-11,14-15,21,40H,1,5,12-13,16-17H2,2-3H3. The molecule has 0 atom stereocenters. The van der Waals surface area contributed by atoms with Gasteiger partial charge in [0.2, 0.25) is 0 Å². The molecule has 1 fully saturated rings. The smallest absolute Gasteiger partial charge is 0.420 e. The summed E-state index contributed by atoms with van der Waals surface area (Å²) in [5, 5.41) is 3.49. The van der Waals surface area contributed by atoms with E-state index in [1.54, 1.807) is 18.2 Å². The number of nitrogens with one attached hydrogen (secondary N) is 1. The molecule has 1 saturated heterocycles. The highest BCUT2D eigenvalue weighted by Gasteiger charge is 2.37. The SMILES string of the molecule is C=Cc1c(C)ccc2c(Oc3ccc(NC4CN(CCCF)C4)cc3C(F)(F)F)c(-c3ccc(F)cc3C(C)(F)F)sc12. The molecule has 1 aliphatic rings. The second-order valence-electron chi connectivity index (χ2n) is 10.7. The Bertz CT molecular complexity index is 1650. The van der Waals surface area contributed by atoms with Crippen LogP contribution in [0.25, 0.3) is 26.6 Å². The number of anilines is 1. The molecular weight excluding hydrogens is 593 g/mol. The van der Waals surface area contributed by atoms with E-state index in [1.165, 1.54) is 18.2 Å². The first-order chi connectivity index (χ1) is 20.3. The second-order valence-corrected chi connectivity index (χ2v) is 11.7. The van der Waals surface area contributed by atoms with Crippen LogP contribution in [0.3, 0.4) is 0 Å². The van der Waals surface area contributed by atoms with Gasteiger partial charge in [0.25, 0.3) is 5.92 Å². The van der Waals surface area contributed by atoms with Gasteiger partial charge in [0.05, 0.1) is 17.6 Å². The summed E-state index contributed by atoms with van der Waals surface area (Å²) in [6, 6.07) is 9.87. The molecule has 1 N–H and O–H groups in total. The maximum Gasteiger partial charge on any atom is 0.420 e. The lowest BCUT2D eigenvalue weighted by atomic mass is 9.99. The average Bonchev–Trinajstić information content (AvgIpc) is 3.27. The van der Waals surface area contributed by atoms with E-state index < -0.39 is 41.5 Å². The van der Waals surface area contributed by atoms with Gasteiger partial charge in [-0.15, -0.1) is 11.3 Å². The number of nitrogens with zero attached hydrogens (tertiary/aromatic N) is 1. The minimum Gasteiger partial charge on any atom is -0.455 e. The third kappa shape index (κ3) is 6.38. The molecule has 0 amide bonds. The van der Waals surface area contributed by atoms with E-state index in [1.807, 2.05) is 11.8 Å². The van der Waals surface area contributed by atoms with Crippen LogP contribution in [0.5, 0.6) is 11.5 Å². The Hall–Kier alpha value is -3.57. The predicted molar refractivity (Wildman–Crippen MR) is 158 cm³/mol. The van der Waals surface area contributed by atoms with Crippen molar-refractivity contribution in [2.24, 2.45) is 0 Å². The normalized spacial score (nSPS) is 14.6. The van der Waals surface area contributed by atoms with Gasteiger partial charge in [-0.05, 0) is 60.9 Å². The number of likely N-dealkylation sites (tertiary alicyclic amines) is 1. The van der Waals surface area contributed by atoms with Crippen LogP contribution >= 0.6 is 11.3 Å². The van der Waals surface area contributed by atoms with Gasteiger partial charge >= 0.3 is 6.18 Å². The fraction of sp³-hybridized carbons (Fsp3) is 0.312. The van der Waals surface area contributed by atoms with Crippen molar-refractivity contribution in [1.82, 2.24) is 4.90 Å². The van der Waals surface area contributed by atoms with Crippen molar-refractivity contribution in [2.75, 3.05) is 31.6 Å². The van der Waals surface area contributed by atoms with Gasteiger partial charge in [-0.25, -0.2) is 13.2 Å². The zero-order valence-corrected chi connectivity index (χ0v) is 24.2. The molecule has 4 aromatic rings. The molecule has 3 nitrogen and oxygen atoms in total. The highest BCUT2D eigenvalue weighted by molar-refractivity contribution is 7.23. The lowest BCUT2D eigenvalue weighted by Gasteiger charge is -2.40. The molecule has 228 valence electrons. The van der Waals surface area contributed by atoms with E-state index in [0.717, 1.165) is 35.1 Å². The summed E-state index contributed by atoms with van der Waals surface area (Å²) in [6.45, 7) is 7.62. The molecule has 3 aromatic carbocycles. The Labute approximate surface area is 248 Å². The highest BCUT2D eigenvalue weighted by Crippen LogP contribution is 2.52. The molecule has 0 bridgehead atoms. The number of hydrogen-bond acceptors (Lipinski definition) is 4. The summed E-state index contributed by atoms with van der Waals surface area (Å²) >= 11 is 1.07. The van der Waals surface area contributed by atoms with Crippen molar-refractivity contribution in [3.8, 4) is 21.9 Å². The number of hydrogen-bond donors (Lipinski definition) is 1. The quantitative estimate of drug-likeness (QED) is 0.178. The lowest BCUT2D eigenvalue weighted by Crippen LogP contribution is -2.54. The van der Waals surface area contributed by atoms with Gasteiger partial charge in [0.1, 0.15) is 17.1 Å². The molecule has 11 heteroatoms. The minimum absolute atomic E-state index is 0.0473. The van der Waals surface area contributed by atoms with E-state index in [-0.39, 0.29) is 27.9 Å². The number of rotatable bonds is 10. The number of benzene rings is 3. The zero-order valence-electron chi connectivity index (χ0n) is 23.4. The van der Waals surface area contributed by atoms with Crippen molar-refractivity contribution >= 4 is 33.2 Å². The Balaban J connectivity index is 1.60. The maximum absolute atomic E-state index is 14.7. The molecule has 1 aliphatic heterocycles. The van der Waals surface area contributed by atoms with Gasteiger partial charge < -0.3 is 10.1 Å². The Morgan fingerprint density at radius 1 is 1.05 bits per heavy atom. The number of thiophene rings is 1. The number of halogens is 7. The molecular formula is C32H29F7N2OS. The first-order valence-corrected chi connectivity index (χ1v) is 14.4. The molecule has 2 heterocycles. The van der Waals surface area contributed by atoms with E-state index in [0.29, 0.717) is 48.6 Å². The van der Waals surface area contributed by atoms with Crippen molar-refractivity contribution in [1.29, 1.82) is 0 Å². The Kier molecular flexibility index (Phi) is 8.50. The molecule has 5 rings (SSSR count). The monoisotopic (exact) mass is 622 g/mol. The van der Waals surface area contributed by atoms with Crippen LogP contribution in [0, 0.1) is 12.7 Å². The van der Waals surface area contributed by atoms with E-state index in [4.69, 9.17) is 4.74 Å². The van der Waals surface area contributed by atoms with Crippen LogP contribution in [0.15, 0.2) is 55.1 Å². The van der Waals surface area contributed by atoms with Crippen molar-refractivity contribution in [3.63, 3.8) is 0 Å². The van der Waals surface area contributed by atoms with Crippen LogP contribution in [-0.4, -0.2) is 37.3 Å². The molecule has 0 unspecified atom stereocenters. The van der Waals surface area contributed by atoms with Crippen molar-refractivity contribution in [2.45, 2.75) is 38.4 Å². The summed E-state index contributed by atoms with van der Waals surface area (Å²) in [5.74, 6) is -4.88. The molecule has 0 radical (unpaired) electrons. The molecule has 0 aliphatic carbocycles. The van der Waals surface area contributed by atoms with Crippen LogP contribution in [0.2, 0.25) is 0 Å². The van der Waals surface area contributed by atoms with Gasteiger partial charge in [0.15, 0.2) is 5.75 Å². The molecule has 0 spiro atoms. The largest absolute Gasteiger partial charge is 0.455 e. The number of fused-ring (bicyclic) bond motifs is 1. The molecule has 1 aromatic heterocycles. The number of ether oxygens (including phenoxy) is 1. The van der Waals surface area contributed by atoms with Crippen LogP contribution in [-0.2, 0) is 12.1 Å². The van der Waals surface area contributed by atoms with Crippen LogP contribution in [0.1, 0.15) is 35.6 Å². The third-order valence-corrected chi connectivity index (χ3v) is 8.66. The fourth-order valence-electron chi connectivity index (χ4n) is 5.27. The number of alkyl halides is 6. The first-order valence-electron chi connectivity index (χ1n) is 13.6.